The van der Waals surface area contributed by atoms with Crippen molar-refractivity contribution < 1.29 is 14.3 Å². The third-order valence-corrected chi connectivity index (χ3v) is 6.56. The largest absolute Gasteiger partial charge is 0.383 e. The zero-order valence-electron chi connectivity index (χ0n) is 17.1. The van der Waals surface area contributed by atoms with Crippen LogP contribution in [-0.2, 0) is 14.3 Å². The molecule has 2 amide bonds. The Morgan fingerprint density at radius 3 is 2.77 bits per heavy atom. The zero-order valence-corrected chi connectivity index (χ0v) is 19.5. The molecule has 1 aliphatic carbocycles. The van der Waals surface area contributed by atoms with Crippen molar-refractivity contribution in [2.75, 3.05) is 32.1 Å². The molecule has 0 spiro atoms. The Morgan fingerprint density at radius 2 is 2.03 bits per heavy atom. The average Bonchev–Trinajstić information content (AvgIpc) is 3.22. The summed E-state index contributed by atoms with van der Waals surface area (Å²) in [5.41, 5.74) is 0.936. The molecule has 3 rings (SSSR count). The number of anilines is 1. The standard InChI is InChI=1S/C21H27BrN4O3S/c1-29-13-12-26(20(28)15-6-3-2-4-7-15)11-10-18(27)23-21-25-24-19(30-21)16-8-5-9-17(22)14-16/h5,8-9,14-15H,2-4,6-7,10-13H2,1H3,(H,23,25,27). The summed E-state index contributed by atoms with van der Waals surface area (Å²) in [5, 5.41) is 12.2. The van der Waals surface area contributed by atoms with Gasteiger partial charge in [-0.3, -0.25) is 9.59 Å². The number of hydrogen-bond acceptors (Lipinski definition) is 6. The number of halogens is 1. The molecule has 0 atom stereocenters. The summed E-state index contributed by atoms with van der Waals surface area (Å²) in [4.78, 5) is 27.1. The van der Waals surface area contributed by atoms with Crippen molar-refractivity contribution in [1.82, 2.24) is 15.1 Å². The van der Waals surface area contributed by atoms with Crippen LogP contribution >= 0.6 is 27.3 Å². The summed E-state index contributed by atoms with van der Waals surface area (Å²) in [7, 11) is 1.62. The smallest absolute Gasteiger partial charge is 0.227 e. The number of aromatic nitrogens is 2. The van der Waals surface area contributed by atoms with Crippen LogP contribution in [0.5, 0.6) is 0 Å². The topological polar surface area (TPSA) is 84.4 Å². The highest BCUT2D eigenvalue weighted by Crippen LogP contribution is 2.28. The highest BCUT2D eigenvalue weighted by molar-refractivity contribution is 9.10. The summed E-state index contributed by atoms with van der Waals surface area (Å²) in [6.45, 7) is 1.35. The van der Waals surface area contributed by atoms with Crippen LogP contribution in [0.4, 0.5) is 5.13 Å². The van der Waals surface area contributed by atoms with Gasteiger partial charge in [0, 0.05) is 42.6 Å². The van der Waals surface area contributed by atoms with Crippen LogP contribution < -0.4 is 5.32 Å². The van der Waals surface area contributed by atoms with Crippen molar-refractivity contribution in [2.24, 2.45) is 5.92 Å². The molecule has 1 fully saturated rings. The maximum absolute atomic E-state index is 12.9. The Labute approximate surface area is 189 Å². The molecule has 0 saturated heterocycles. The Morgan fingerprint density at radius 1 is 1.23 bits per heavy atom. The molecule has 7 nitrogen and oxygen atoms in total. The summed E-state index contributed by atoms with van der Waals surface area (Å²) < 4.78 is 6.11. The fourth-order valence-corrected chi connectivity index (χ4v) is 4.73. The van der Waals surface area contributed by atoms with Crippen molar-refractivity contribution in [3.05, 3.63) is 28.7 Å². The SMILES string of the molecule is COCCN(CCC(=O)Nc1nnc(-c2cccc(Br)c2)s1)C(=O)C1CCCCC1. The molecule has 1 heterocycles. The van der Waals surface area contributed by atoms with Crippen molar-refractivity contribution in [3.8, 4) is 10.6 Å². The first-order valence-corrected chi connectivity index (χ1v) is 11.8. The number of benzene rings is 1. The predicted octanol–water partition coefficient (Wildman–Crippen LogP) is 4.35. The number of carbonyl (C=O) groups excluding carboxylic acids is 2. The van der Waals surface area contributed by atoms with E-state index in [-0.39, 0.29) is 24.2 Å². The van der Waals surface area contributed by atoms with Crippen LogP contribution in [0.1, 0.15) is 38.5 Å². The van der Waals surface area contributed by atoms with Crippen LogP contribution in [0.3, 0.4) is 0 Å². The number of rotatable bonds is 9. The number of hydrogen-bond donors (Lipinski definition) is 1. The Hall–Kier alpha value is -1.84. The summed E-state index contributed by atoms with van der Waals surface area (Å²) in [6.07, 6.45) is 5.51. The fraction of sp³-hybridized carbons (Fsp3) is 0.524. The van der Waals surface area contributed by atoms with E-state index < -0.39 is 0 Å². The average molecular weight is 495 g/mol. The first kappa shape index (κ1) is 22.8. The molecule has 1 aliphatic rings. The molecule has 0 unspecified atom stereocenters. The number of carbonyl (C=O) groups is 2. The molecule has 2 aromatic rings. The number of nitrogens with zero attached hydrogens (tertiary/aromatic N) is 3. The van der Waals surface area contributed by atoms with Crippen LogP contribution in [0.15, 0.2) is 28.7 Å². The summed E-state index contributed by atoms with van der Waals surface area (Å²) in [6, 6.07) is 7.77. The number of methoxy groups -OCH3 is 1. The lowest BCUT2D eigenvalue weighted by Gasteiger charge is -2.29. The zero-order chi connectivity index (χ0) is 21.3. The first-order chi connectivity index (χ1) is 14.6. The summed E-state index contributed by atoms with van der Waals surface area (Å²) >= 11 is 4.77. The van der Waals surface area contributed by atoms with Gasteiger partial charge in [-0.05, 0) is 25.0 Å². The van der Waals surface area contributed by atoms with Crippen molar-refractivity contribution in [3.63, 3.8) is 0 Å². The van der Waals surface area contributed by atoms with Gasteiger partial charge in [0.2, 0.25) is 16.9 Å². The minimum absolute atomic E-state index is 0.0783. The predicted molar refractivity (Wildman–Crippen MR) is 121 cm³/mol. The van der Waals surface area contributed by atoms with E-state index in [2.05, 4.69) is 31.4 Å². The lowest BCUT2D eigenvalue weighted by Crippen LogP contribution is -2.40. The van der Waals surface area contributed by atoms with E-state index in [9.17, 15) is 9.59 Å². The fourth-order valence-electron chi connectivity index (χ4n) is 3.57. The van der Waals surface area contributed by atoms with E-state index in [4.69, 9.17) is 4.74 Å². The van der Waals surface area contributed by atoms with Gasteiger partial charge in [0.25, 0.3) is 0 Å². The highest BCUT2D eigenvalue weighted by Gasteiger charge is 2.26. The van der Waals surface area contributed by atoms with E-state index in [1.165, 1.54) is 17.8 Å². The first-order valence-electron chi connectivity index (χ1n) is 10.2. The maximum atomic E-state index is 12.9. The minimum atomic E-state index is -0.175. The van der Waals surface area contributed by atoms with Crippen molar-refractivity contribution in [2.45, 2.75) is 38.5 Å². The minimum Gasteiger partial charge on any atom is -0.383 e. The van der Waals surface area contributed by atoms with Crippen molar-refractivity contribution in [1.29, 1.82) is 0 Å². The molecule has 9 heteroatoms. The third kappa shape index (κ3) is 6.58. The van der Waals surface area contributed by atoms with Gasteiger partial charge in [0.15, 0.2) is 0 Å². The van der Waals surface area contributed by atoms with Crippen LogP contribution in [0, 0.1) is 5.92 Å². The summed E-state index contributed by atoms with van der Waals surface area (Å²) in [5.74, 6) is 0.0489. The van der Waals surface area contributed by atoms with E-state index >= 15 is 0 Å². The molecular formula is C21H27BrN4O3S. The molecular weight excluding hydrogens is 468 g/mol. The van der Waals surface area contributed by atoms with E-state index in [1.54, 1.807) is 12.0 Å². The normalized spacial score (nSPS) is 14.5. The van der Waals surface area contributed by atoms with Gasteiger partial charge in [-0.2, -0.15) is 0 Å². The highest BCUT2D eigenvalue weighted by atomic mass is 79.9. The van der Waals surface area contributed by atoms with Crippen molar-refractivity contribution >= 4 is 44.2 Å². The maximum Gasteiger partial charge on any atom is 0.227 e. The number of nitrogens with one attached hydrogen (secondary N) is 1. The van der Waals surface area contributed by atoms with Gasteiger partial charge in [-0.25, -0.2) is 0 Å². The van der Waals surface area contributed by atoms with Crippen LogP contribution in [0.25, 0.3) is 10.6 Å². The molecule has 1 N–H and O–H groups in total. The quantitative estimate of drug-likeness (QED) is 0.559. The van der Waals surface area contributed by atoms with Crippen LogP contribution in [-0.4, -0.2) is 53.7 Å². The van der Waals surface area contributed by atoms with Crippen LogP contribution in [0.2, 0.25) is 0 Å². The second kappa shape index (κ2) is 11.5. The molecule has 1 saturated carbocycles. The van der Waals surface area contributed by atoms with Gasteiger partial charge in [0.05, 0.1) is 6.61 Å². The van der Waals surface area contributed by atoms with E-state index in [1.807, 2.05) is 24.3 Å². The van der Waals surface area contributed by atoms with E-state index in [0.29, 0.717) is 24.8 Å². The third-order valence-electron chi connectivity index (χ3n) is 5.18. The molecule has 1 aromatic carbocycles. The number of ether oxygens (including phenoxy) is 1. The van der Waals surface area contributed by atoms with Gasteiger partial charge >= 0.3 is 0 Å². The Balaban J connectivity index is 1.54. The van der Waals surface area contributed by atoms with Gasteiger partial charge in [0.1, 0.15) is 5.01 Å². The Bertz CT molecular complexity index is 854. The Kier molecular flexibility index (Phi) is 8.77. The molecule has 0 aliphatic heterocycles. The van der Waals surface area contributed by atoms with Gasteiger partial charge in [-0.15, -0.1) is 10.2 Å². The number of amides is 2. The van der Waals surface area contributed by atoms with Gasteiger partial charge in [-0.1, -0.05) is 58.7 Å². The monoisotopic (exact) mass is 494 g/mol. The molecule has 0 radical (unpaired) electrons. The second-order valence-corrected chi connectivity index (χ2v) is 9.27. The second-order valence-electron chi connectivity index (χ2n) is 7.37. The van der Waals surface area contributed by atoms with Gasteiger partial charge < -0.3 is 15.0 Å². The molecule has 1 aromatic heterocycles. The molecule has 0 bridgehead atoms. The lowest BCUT2D eigenvalue weighted by molar-refractivity contribution is -0.137. The molecule has 162 valence electrons. The lowest BCUT2D eigenvalue weighted by atomic mass is 9.88. The molecule has 30 heavy (non-hydrogen) atoms. The van der Waals surface area contributed by atoms with E-state index in [0.717, 1.165) is 40.7 Å².